The molecule has 0 aliphatic carbocycles. The first-order valence-corrected chi connectivity index (χ1v) is 9.34. The number of nitriles is 1. The third-order valence-corrected chi connectivity index (χ3v) is 5.42. The number of methoxy groups -OCH3 is 1. The Hall–Kier alpha value is -3.70. The highest BCUT2D eigenvalue weighted by Crippen LogP contribution is 2.29. The normalized spacial score (nSPS) is 15.0. The molecule has 1 saturated heterocycles. The molecule has 4 aromatic rings. The molecule has 1 aliphatic rings. The summed E-state index contributed by atoms with van der Waals surface area (Å²) >= 11 is 0. The molecule has 1 aromatic carbocycles. The Kier molecular flexibility index (Phi) is 4.03. The average molecular weight is 385 g/mol. The Morgan fingerprint density at radius 2 is 2.07 bits per heavy atom. The van der Waals surface area contributed by atoms with Gasteiger partial charge in [0.2, 0.25) is 0 Å². The van der Waals surface area contributed by atoms with E-state index in [0.29, 0.717) is 6.42 Å². The molecule has 0 radical (unpaired) electrons. The molecule has 0 saturated carbocycles. The fourth-order valence-electron chi connectivity index (χ4n) is 3.66. The molecule has 144 valence electrons. The van der Waals surface area contributed by atoms with E-state index in [1.54, 1.807) is 19.5 Å². The van der Waals surface area contributed by atoms with Crippen molar-refractivity contribution >= 4 is 5.65 Å². The van der Waals surface area contributed by atoms with Crippen LogP contribution in [0.4, 0.5) is 0 Å². The Morgan fingerprint density at radius 3 is 2.76 bits per heavy atom. The molecule has 8 nitrogen and oxygen atoms in total. The monoisotopic (exact) mass is 385 g/mol. The molecular weight excluding hydrogens is 366 g/mol. The lowest BCUT2D eigenvalue weighted by Gasteiger charge is -2.41. The second-order valence-corrected chi connectivity index (χ2v) is 7.19. The summed E-state index contributed by atoms with van der Waals surface area (Å²) in [4.78, 5) is 9.36. The van der Waals surface area contributed by atoms with Crippen LogP contribution in [0.2, 0.25) is 0 Å². The second kappa shape index (κ2) is 6.72. The summed E-state index contributed by atoms with van der Waals surface area (Å²) in [6.07, 6.45) is 7.84. The minimum Gasteiger partial charge on any atom is -0.497 e. The molecule has 0 spiro atoms. The van der Waals surface area contributed by atoms with Gasteiger partial charge in [-0.2, -0.15) is 10.4 Å². The lowest BCUT2D eigenvalue weighted by molar-refractivity contribution is 0.160. The maximum atomic E-state index is 9.21. The van der Waals surface area contributed by atoms with Crippen molar-refractivity contribution in [1.29, 1.82) is 5.26 Å². The van der Waals surface area contributed by atoms with Crippen LogP contribution in [0.1, 0.15) is 6.42 Å². The number of hydrogen-bond acceptors (Lipinski definition) is 6. The van der Waals surface area contributed by atoms with Gasteiger partial charge in [0.15, 0.2) is 0 Å². The fraction of sp³-hybridized carbons (Fsp3) is 0.238. The van der Waals surface area contributed by atoms with Gasteiger partial charge in [-0.15, -0.1) is 0 Å². The molecular formula is C21H19N7O. The predicted octanol–water partition coefficient (Wildman–Crippen LogP) is 2.48. The maximum Gasteiger partial charge on any atom is 0.149 e. The van der Waals surface area contributed by atoms with Crippen LogP contribution < -0.4 is 10.1 Å². The number of rotatable bonds is 5. The van der Waals surface area contributed by atoms with Gasteiger partial charge in [-0.05, 0) is 24.3 Å². The van der Waals surface area contributed by atoms with Crippen molar-refractivity contribution in [2.24, 2.45) is 0 Å². The number of nitrogens with zero attached hydrogens (tertiary/aromatic N) is 6. The molecule has 1 aliphatic heterocycles. The van der Waals surface area contributed by atoms with Crippen LogP contribution in [0.3, 0.4) is 0 Å². The van der Waals surface area contributed by atoms with Crippen LogP contribution in [0.5, 0.6) is 5.75 Å². The summed E-state index contributed by atoms with van der Waals surface area (Å²) in [5.74, 6) is 1.56. The average Bonchev–Trinajstić information content (AvgIpc) is 3.40. The van der Waals surface area contributed by atoms with Crippen LogP contribution >= 0.6 is 0 Å². The number of hydrogen-bond donors (Lipinski definition) is 1. The predicted molar refractivity (Wildman–Crippen MR) is 107 cm³/mol. The summed E-state index contributed by atoms with van der Waals surface area (Å²) in [7, 11) is 1.65. The van der Waals surface area contributed by atoms with Crippen LogP contribution in [0.25, 0.3) is 28.3 Å². The summed E-state index contributed by atoms with van der Waals surface area (Å²) in [6, 6.07) is 12.0. The van der Waals surface area contributed by atoms with Gasteiger partial charge in [0, 0.05) is 43.3 Å². The zero-order valence-electron chi connectivity index (χ0n) is 15.9. The number of ether oxygens (including phenoxy) is 1. The highest BCUT2D eigenvalue weighted by molar-refractivity contribution is 5.69. The van der Waals surface area contributed by atoms with E-state index in [9.17, 15) is 5.26 Å². The molecule has 5 rings (SSSR count). The smallest absolute Gasteiger partial charge is 0.149 e. The molecule has 0 atom stereocenters. The van der Waals surface area contributed by atoms with Crippen molar-refractivity contribution in [3.8, 4) is 34.5 Å². The largest absolute Gasteiger partial charge is 0.497 e. The Morgan fingerprint density at radius 1 is 1.24 bits per heavy atom. The minimum atomic E-state index is -0.283. The van der Waals surface area contributed by atoms with E-state index in [-0.39, 0.29) is 5.54 Å². The third kappa shape index (κ3) is 2.83. The molecule has 1 N–H and O–H groups in total. The molecule has 0 amide bonds. The third-order valence-electron chi connectivity index (χ3n) is 5.42. The first-order chi connectivity index (χ1) is 14.2. The molecule has 29 heavy (non-hydrogen) atoms. The maximum absolute atomic E-state index is 9.21. The number of aromatic nitrogens is 5. The fourth-order valence-corrected chi connectivity index (χ4v) is 3.66. The molecule has 1 fully saturated rings. The standard InChI is InChI=1S/C21H19N7O/c1-29-17-4-2-15(3-5-17)18-10-19-24-8-9-27(19)20(26-18)16-11-25-28(12-16)21(6-7-22)13-23-14-21/h2-5,8-12,23H,6,13-14H2,1H3. The Balaban J connectivity index is 1.60. The van der Waals surface area contributed by atoms with E-state index in [1.165, 1.54) is 0 Å². The zero-order valence-corrected chi connectivity index (χ0v) is 15.9. The highest BCUT2D eigenvalue weighted by Gasteiger charge is 2.39. The topological polar surface area (TPSA) is 93.1 Å². The van der Waals surface area contributed by atoms with Crippen LogP contribution in [-0.4, -0.2) is 44.3 Å². The number of nitrogens with one attached hydrogen (secondary N) is 1. The Bertz CT molecular complexity index is 1210. The van der Waals surface area contributed by atoms with Crippen molar-refractivity contribution in [3.05, 3.63) is 55.1 Å². The minimum absolute atomic E-state index is 0.283. The summed E-state index contributed by atoms with van der Waals surface area (Å²) in [6.45, 7) is 1.48. The number of imidazole rings is 1. The van der Waals surface area contributed by atoms with Crippen molar-refractivity contribution in [1.82, 2.24) is 29.5 Å². The first kappa shape index (κ1) is 17.4. The number of benzene rings is 1. The zero-order chi connectivity index (χ0) is 19.8. The van der Waals surface area contributed by atoms with Crippen LogP contribution in [0.15, 0.2) is 55.1 Å². The van der Waals surface area contributed by atoms with E-state index in [1.807, 2.05) is 51.8 Å². The summed E-state index contributed by atoms with van der Waals surface area (Å²) in [5, 5.41) is 17.0. The van der Waals surface area contributed by atoms with E-state index in [2.05, 4.69) is 21.5 Å². The van der Waals surface area contributed by atoms with Gasteiger partial charge in [0.05, 0.1) is 37.1 Å². The van der Waals surface area contributed by atoms with Gasteiger partial charge in [-0.3, -0.25) is 9.08 Å². The van der Waals surface area contributed by atoms with Crippen LogP contribution in [-0.2, 0) is 5.54 Å². The van der Waals surface area contributed by atoms with Crippen LogP contribution in [0, 0.1) is 11.3 Å². The summed E-state index contributed by atoms with van der Waals surface area (Å²) < 4.78 is 9.09. The van der Waals surface area contributed by atoms with Gasteiger partial charge in [0.25, 0.3) is 0 Å². The van der Waals surface area contributed by atoms with Crippen molar-refractivity contribution in [2.75, 3.05) is 20.2 Å². The molecule has 0 unspecified atom stereocenters. The SMILES string of the molecule is COc1ccc(-c2cc3nccn3c(-c3cnn(C4(CC#N)CNC4)c3)n2)cc1. The van der Waals surface area contributed by atoms with E-state index in [4.69, 9.17) is 9.72 Å². The molecule has 3 aromatic heterocycles. The Labute approximate surface area is 167 Å². The molecule has 8 heteroatoms. The van der Waals surface area contributed by atoms with Crippen molar-refractivity contribution in [3.63, 3.8) is 0 Å². The molecule has 0 bridgehead atoms. The number of fused-ring (bicyclic) bond motifs is 1. The van der Waals surface area contributed by atoms with E-state index >= 15 is 0 Å². The van der Waals surface area contributed by atoms with Gasteiger partial charge < -0.3 is 10.1 Å². The van der Waals surface area contributed by atoms with Crippen molar-refractivity contribution in [2.45, 2.75) is 12.0 Å². The van der Waals surface area contributed by atoms with E-state index in [0.717, 1.165) is 47.1 Å². The second-order valence-electron chi connectivity index (χ2n) is 7.19. The first-order valence-electron chi connectivity index (χ1n) is 9.34. The van der Waals surface area contributed by atoms with Gasteiger partial charge in [-0.25, -0.2) is 9.97 Å². The lowest BCUT2D eigenvalue weighted by atomic mass is 9.89. The van der Waals surface area contributed by atoms with Gasteiger partial charge in [0.1, 0.15) is 22.8 Å². The van der Waals surface area contributed by atoms with Gasteiger partial charge >= 0.3 is 0 Å². The summed E-state index contributed by atoms with van der Waals surface area (Å²) in [5.41, 5.74) is 3.22. The van der Waals surface area contributed by atoms with E-state index < -0.39 is 0 Å². The van der Waals surface area contributed by atoms with Gasteiger partial charge in [-0.1, -0.05) is 0 Å². The van der Waals surface area contributed by atoms with Crippen molar-refractivity contribution < 1.29 is 4.74 Å². The highest BCUT2D eigenvalue weighted by atomic mass is 16.5. The molecule has 4 heterocycles. The lowest BCUT2D eigenvalue weighted by Crippen LogP contribution is -2.60. The quantitative estimate of drug-likeness (QED) is 0.567.